The fourth-order valence-corrected chi connectivity index (χ4v) is 2.81. The fraction of sp³-hybridized carbons (Fsp3) is 0.353. The van der Waals surface area contributed by atoms with E-state index in [-0.39, 0.29) is 29.1 Å². The third kappa shape index (κ3) is 3.84. The fourth-order valence-electron chi connectivity index (χ4n) is 2.81. The lowest BCUT2D eigenvalue weighted by atomic mass is 10.2. The largest absolute Gasteiger partial charge is 0.348 e. The van der Waals surface area contributed by atoms with Crippen molar-refractivity contribution < 1.29 is 13.6 Å². The molecule has 0 aliphatic heterocycles. The first kappa shape index (κ1) is 16.3. The minimum absolute atomic E-state index is 0.0802. The van der Waals surface area contributed by atoms with E-state index >= 15 is 0 Å². The highest BCUT2D eigenvalue weighted by molar-refractivity contribution is 5.93. The molecule has 0 unspecified atom stereocenters. The third-order valence-electron chi connectivity index (χ3n) is 3.95. The number of carbonyl (C=O) groups excluding carboxylic acids is 1. The zero-order chi connectivity index (χ0) is 17.1. The Morgan fingerprint density at radius 3 is 2.62 bits per heavy atom. The van der Waals surface area contributed by atoms with Crippen molar-refractivity contribution in [3.05, 3.63) is 47.4 Å². The molecule has 3 rings (SSSR count). The van der Waals surface area contributed by atoms with Gasteiger partial charge in [-0.2, -0.15) is 0 Å². The van der Waals surface area contributed by atoms with Gasteiger partial charge in [-0.3, -0.25) is 4.79 Å². The second kappa shape index (κ2) is 6.90. The van der Waals surface area contributed by atoms with E-state index in [0.29, 0.717) is 5.82 Å². The van der Waals surface area contributed by atoms with Crippen LogP contribution in [0.4, 0.5) is 20.3 Å². The Bertz CT molecular complexity index is 760. The van der Waals surface area contributed by atoms with Gasteiger partial charge in [-0.05, 0) is 31.9 Å². The molecule has 1 amide bonds. The number of anilines is 2. The number of hydrogen-bond acceptors (Lipinski definition) is 4. The molecule has 0 radical (unpaired) electrons. The molecule has 1 aliphatic rings. The topological polar surface area (TPSA) is 66.9 Å². The maximum absolute atomic E-state index is 13.7. The summed E-state index contributed by atoms with van der Waals surface area (Å²) in [6.45, 7) is 1.65. The number of aromatic nitrogens is 2. The molecule has 0 bridgehead atoms. The second-order valence-electron chi connectivity index (χ2n) is 5.89. The number of nitrogens with zero attached hydrogens (tertiary/aromatic N) is 2. The number of hydrogen-bond donors (Lipinski definition) is 2. The second-order valence-corrected chi connectivity index (χ2v) is 5.89. The zero-order valence-electron chi connectivity index (χ0n) is 13.3. The van der Waals surface area contributed by atoms with Gasteiger partial charge in [0.05, 0.1) is 5.69 Å². The van der Waals surface area contributed by atoms with E-state index in [4.69, 9.17) is 0 Å². The summed E-state index contributed by atoms with van der Waals surface area (Å²) in [5.74, 6) is -0.990. The zero-order valence-corrected chi connectivity index (χ0v) is 13.3. The lowest BCUT2D eigenvalue weighted by Gasteiger charge is -2.13. The van der Waals surface area contributed by atoms with Crippen LogP contribution in [0.3, 0.4) is 0 Å². The molecule has 0 atom stereocenters. The molecule has 7 heteroatoms. The maximum atomic E-state index is 13.7. The maximum Gasteiger partial charge on any atom is 0.270 e. The van der Waals surface area contributed by atoms with Crippen LogP contribution in [0, 0.1) is 18.6 Å². The Morgan fingerprint density at radius 1 is 1.17 bits per heavy atom. The lowest BCUT2D eigenvalue weighted by molar-refractivity contribution is 0.0932. The molecule has 24 heavy (non-hydrogen) atoms. The van der Waals surface area contributed by atoms with Crippen molar-refractivity contribution in [1.82, 2.24) is 15.3 Å². The molecule has 1 saturated carbocycles. The van der Waals surface area contributed by atoms with Crippen molar-refractivity contribution in [1.29, 1.82) is 0 Å². The molecule has 0 saturated heterocycles. The van der Waals surface area contributed by atoms with E-state index < -0.39 is 11.6 Å². The predicted octanol–water partition coefficient (Wildman–Crippen LogP) is 3.48. The van der Waals surface area contributed by atoms with Crippen LogP contribution in [0.15, 0.2) is 24.3 Å². The Balaban J connectivity index is 1.79. The molecular formula is C17H18F2N4O. The van der Waals surface area contributed by atoms with Crippen molar-refractivity contribution in [3.63, 3.8) is 0 Å². The average molecular weight is 332 g/mol. The summed E-state index contributed by atoms with van der Waals surface area (Å²) in [4.78, 5) is 20.6. The molecule has 1 aliphatic carbocycles. The Hall–Kier alpha value is -2.57. The highest BCUT2D eigenvalue weighted by Gasteiger charge is 2.19. The van der Waals surface area contributed by atoms with Gasteiger partial charge in [0.1, 0.15) is 29.0 Å². The lowest BCUT2D eigenvalue weighted by Crippen LogP contribution is -2.33. The van der Waals surface area contributed by atoms with Crippen LogP contribution >= 0.6 is 0 Å². The quantitative estimate of drug-likeness (QED) is 0.899. The Kier molecular flexibility index (Phi) is 4.69. The van der Waals surface area contributed by atoms with E-state index in [9.17, 15) is 13.6 Å². The van der Waals surface area contributed by atoms with Gasteiger partial charge in [0, 0.05) is 18.2 Å². The summed E-state index contributed by atoms with van der Waals surface area (Å²) in [5.41, 5.74) is 0.302. The van der Waals surface area contributed by atoms with Crippen LogP contribution in [0.2, 0.25) is 0 Å². The average Bonchev–Trinajstić information content (AvgIpc) is 3.02. The number of aryl methyl sites for hydroxylation is 1. The van der Waals surface area contributed by atoms with Gasteiger partial charge in [-0.15, -0.1) is 0 Å². The number of rotatable bonds is 4. The van der Waals surface area contributed by atoms with Crippen molar-refractivity contribution in [2.75, 3.05) is 5.32 Å². The summed E-state index contributed by atoms with van der Waals surface area (Å²) < 4.78 is 26.7. The van der Waals surface area contributed by atoms with Gasteiger partial charge < -0.3 is 10.6 Å². The molecule has 2 aromatic rings. The van der Waals surface area contributed by atoms with E-state index in [1.54, 1.807) is 6.92 Å². The predicted molar refractivity (Wildman–Crippen MR) is 86.1 cm³/mol. The van der Waals surface area contributed by atoms with E-state index in [1.165, 1.54) is 12.1 Å². The Labute approximate surface area is 138 Å². The van der Waals surface area contributed by atoms with E-state index in [1.807, 2.05) is 0 Å². The molecule has 2 N–H and O–H groups in total. The smallest absolute Gasteiger partial charge is 0.270 e. The monoisotopic (exact) mass is 332 g/mol. The van der Waals surface area contributed by atoms with Crippen molar-refractivity contribution >= 4 is 17.4 Å². The van der Waals surface area contributed by atoms with Crippen molar-refractivity contribution in [2.45, 2.75) is 38.6 Å². The first-order valence-electron chi connectivity index (χ1n) is 7.90. The van der Waals surface area contributed by atoms with E-state index in [2.05, 4.69) is 20.6 Å². The van der Waals surface area contributed by atoms with Crippen molar-refractivity contribution in [2.24, 2.45) is 0 Å². The van der Waals surface area contributed by atoms with Gasteiger partial charge in [0.2, 0.25) is 0 Å². The summed E-state index contributed by atoms with van der Waals surface area (Å²) in [6, 6.07) is 4.84. The minimum Gasteiger partial charge on any atom is -0.348 e. The highest BCUT2D eigenvalue weighted by Crippen LogP contribution is 2.21. The van der Waals surface area contributed by atoms with Gasteiger partial charge in [0.15, 0.2) is 0 Å². The normalized spacial score (nSPS) is 14.6. The SMILES string of the molecule is Cc1nc(Nc2ccc(F)cc2F)cc(C(=O)NC2CCCC2)n1. The van der Waals surface area contributed by atoms with Gasteiger partial charge in [-0.25, -0.2) is 18.7 Å². The third-order valence-corrected chi connectivity index (χ3v) is 3.95. The number of benzene rings is 1. The van der Waals surface area contributed by atoms with Gasteiger partial charge in [0.25, 0.3) is 5.91 Å². The van der Waals surface area contributed by atoms with Crippen LogP contribution < -0.4 is 10.6 Å². The molecule has 1 heterocycles. The molecule has 1 aromatic heterocycles. The molecular weight excluding hydrogens is 314 g/mol. The first-order valence-corrected chi connectivity index (χ1v) is 7.90. The van der Waals surface area contributed by atoms with Crippen LogP contribution in [-0.4, -0.2) is 21.9 Å². The number of carbonyl (C=O) groups is 1. The van der Waals surface area contributed by atoms with Crippen molar-refractivity contribution in [3.8, 4) is 0 Å². The molecule has 1 fully saturated rings. The van der Waals surface area contributed by atoms with Crippen LogP contribution in [0.1, 0.15) is 42.0 Å². The number of nitrogens with one attached hydrogen (secondary N) is 2. The van der Waals surface area contributed by atoms with Gasteiger partial charge >= 0.3 is 0 Å². The van der Waals surface area contributed by atoms with Crippen LogP contribution in [-0.2, 0) is 0 Å². The summed E-state index contributed by atoms with van der Waals surface area (Å²) in [6.07, 6.45) is 4.18. The van der Waals surface area contributed by atoms with Gasteiger partial charge in [-0.1, -0.05) is 12.8 Å². The summed E-state index contributed by atoms with van der Waals surface area (Å²) >= 11 is 0. The van der Waals surface area contributed by atoms with Crippen LogP contribution in [0.25, 0.3) is 0 Å². The first-order chi connectivity index (χ1) is 11.5. The minimum atomic E-state index is -0.733. The highest BCUT2D eigenvalue weighted by atomic mass is 19.1. The number of halogens is 2. The van der Waals surface area contributed by atoms with Crippen LogP contribution in [0.5, 0.6) is 0 Å². The molecule has 0 spiro atoms. The van der Waals surface area contributed by atoms with E-state index in [0.717, 1.165) is 37.8 Å². The molecule has 1 aromatic carbocycles. The standard InChI is InChI=1S/C17H18F2N4O/c1-10-20-15(17(24)22-12-4-2-3-5-12)9-16(21-10)23-14-7-6-11(18)8-13(14)19/h6-9,12H,2-5H2,1H3,(H,22,24)(H,20,21,23). The Morgan fingerprint density at radius 2 is 1.92 bits per heavy atom. The summed E-state index contributed by atoms with van der Waals surface area (Å²) in [5, 5.41) is 5.71. The molecule has 126 valence electrons. The molecule has 5 nitrogen and oxygen atoms in total. The summed E-state index contributed by atoms with van der Waals surface area (Å²) in [7, 11) is 0. The number of amides is 1.